The summed E-state index contributed by atoms with van der Waals surface area (Å²) in [6, 6.07) is 7.09. The quantitative estimate of drug-likeness (QED) is 0.795. The molecular formula is C14H23N3O4S. The Morgan fingerprint density at radius 2 is 1.77 bits per heavy atom. The molecule has 0 aliphatic carbocycles. The highest BCUT2D eigenvalue weighted by Gasteiger charge is 2.23. The van der Waals surface area contributed by atoms with Gasteiger partial charge < -0.3 is 10.1 Å². The van der Waals surface area contributed by atoms with Crippen LogP contribution >= 0.6 is 0 Å². The Balaban J connectivity index is 2.64. The second kappa shape index (κ2) is 7.57. The SMILES string of the molecule is COc1ccc([C@@H](C)NC(=O)CN(C)S(=O)(=O)N(C)C)cc1. The fourth-order valence-corrected chi connectivity index (χ4v) is 2.66. The van der Waals surface area contributed by atoms with Crippen molar-refractivity contribution >= 4 is 16.1 Å². The zero-order valence-corrected chi connectivity index (χ0v) is 14.3. The van der Waals surface area contributed by atoms with Crippen molar-refractivity contribution in [3.63, 3.8) is 0 Å². The number of amides is 1. The first-order valence-electron chi connectivity index (χ1n) is 6.75. The Morgan fingerprint density at radius 3 is 2.23 bits per heavy atom. The monoisotopic (exact) mass is 329 g/mol. The van der Waals surface area contributed by atoms with Crippen molar-refractivity contribution < 1.29 is 17.9 Å². The van der Waals surface area contributed by atoms with E-state index in [1.807, 2.05) is 19.1 Å². The third kappa shape index (κ3) is 4.69. The van der Waals surface area contributed by atoms with Gasteiger partial charge in [0.2, 0.25) is 5.91 Å². The van der Waals surface area contributed by atoms with Crippen LogP contribution < -0.4 is 10.1 Å². The van der Waals surface area contributed by atoms with Crippen LogP contribution in [0.1, 0.15) is 18.5 Å². The molecule has 0 aromatic heterocycles. The van der Waals surface area contributed by atoms with Crippen LogP contribution in [0.15, 0.2) is 24.3 Å². The molecule has 7 nitrogen and oxygen atoms in total. The van der Waals surface area contributed by atoms with Crippen LogP contribution in [0.25, 0.3) is 0 Å². The van der Waals surface area contributed by atoms with Crippen molar-refractivity contribution in [3.05, 3.63) is 29.8 Å². The highest BCUT2D eigenvalue weighted by atomic mass is 32.2. The van der Waals surface area contributed by atoms with Crippen LogP contribution in [0.5, 0.6) is 5.75 Å². The Hall–Kier alpha value is -1.64. The van der Waals surface area contributed by atoms with Gasteiger partial charge in [-0.1, -0.05) is 12.1 Å². The average molecular weight is 329 g/mol. The molecule has 1 N–H and O–H groups in total. The van der Waals surface area contributed by atoms with E-state index >= 15 is 0 Å². The number of carbonyl (C=O) groups is 1. The first-order valence-corrected chi connectivity index (χ1v) is 8.15. The lowest BCUT2D eigenvalue weighted by atomic mass is 10.1. The summed E-state index contributed by atoms with van der Waals surface area (Å²) in [5.74, 6) is 0.371. The molecule has 1 aromatic carbocycles. The number of likely N-dealkylation sites (N-methyl/N-ethyl adjacent to an activating group) is 1. The summed E-state index contributed by atoms with van der Waals surface area (Å²) in [6.45, 7) is 1.60. The summed E-state index contributed by atoms with van der Waals surface area (Å²) in [5.41, 5.74) is 0.910. The molecule has 1 amide bonds. The molecule has 0 spiro atoms. The zero-order chi connectivity index (χ0) is 16.9. The fraction of sp³-hybridized carbons (Fsp3) is 0.500. The Labute approximate surface area is 132 Å². The lowest BCUT2D eigenvalue weighted by molar-refractivity contribution is -0.121. The van der Waals surface area contributed by atoms with E-state index in [1.165, 1.54) is 21.1 Å². The van der Waals surface area contributed by atoms with E-state index in [0.717, 1.165) is 19.9 Å². The van der Waals surface area contributed by atoms with E-state index in [1.54, 1.807) is 19.2 Å². The van der Waals surface area contributed by atoms with E-state index in [4.69, 9.17) is 4.74 Å². The molecule has 22 heavy (non-hydrogen) atoms. The van der Waals surface area contributed by atoms with Crippen LogP contribution in [-0.4, -0.2) is 57.7 Å². The standard InChI is InChI=1S/C14H23N3O4S/c1-11(12-6-8-13(21-5)9-7-12)15-14(18)10-17(4)22(19,20)16(2)3/h6-9,11H,10H2,1-5H3,(H,15,18)/t11-/m1/s1. The molecule has 0 saturated carbocycles. The largest absolute Gasteiger partial charge is 0.497 e. The van der Waals surface area contributed by atoms with Crippen LogP contribution in [-0.2, 0) is 15.0 Å². The van der Waals surface area contributed by atoms with Crippen molar-refractivity contribution in [2.75, 3.05) is 34.8 Å². The normalized spacial score (nSPS) is 13.2. The fourth-order valence-electron chi connectivity index (χ4n) is 1.83. The van der Waals surface area contributed by atoms with Crippen molar-refractivity contribution in [2.45, 2.75) is 13.0 Å². The lowest BCUT2D eigenvalue weighted by Crippen LogP contribution is -2.43. The predicted octanol–water partition coefficient (Wildman–Crippen LogP) is 0.611. The van der Waals surface area contributed by atoms with Gasteiger partial charge in [0.05, 0.1) is 19.7 Å². The van der Waals surface area contributed by atoms with Gasteiger partial charge in [0, 0.05) is 21.1 Å². The first-order chi connectivity index (χ1) is 10.2. The van der Waals surface area contributed by atoms with Crippen molar-refractivity contribution in [2.24, 2.45) is 0 Å². The molecule has 1 rings (SSSR count). The summed E-state index contributed by atoms with van der Waals surface area (Å²) in [6.07, 6.45) is 0. The smallest absolute Gasteiger partial charge is 0.281 e. The van der Waals surface area contributed by atoms with Gasteiger partial charge in [-0.05, 0) is 24.6 Å². The molecule has 8 heteroatoms. The van der Waals surface area contributed by atoms with Crippen molar-refractivity contribution in [1.29, 1.82) is 0 Å². The molecule has 0 unspecified atom stereocenters. The van der Waals surface area contributed by atoms with E-state index in [2.05, 4.69) is 5.32 Å². The lowest BCUT2D eigenvalue weighted by Gasteiger charge is -2.22. The van der Waals surface area contributed by atoms with Gasteiger partial charge in [-0.3, -0.25) is 4.79 Å². The van der Waals surface area contributed by atoms with Crippen LogP contribution in [0, 0.1) is 0 Å². The molecule has 124 valence electrons. The number of methoxy groups -OCH3 is 1. The number of hydrogen-bond acceptors (Lipinski definition) is 4. The topological polar surface area (TPSA) is 79.0 Å². The number of hydrogen-bond donors (Lipinski definition) is 1. The maximum absolute atomic E-state index is 12.0. The summed E-state index contributed by atoms with van der Waals surface area (Å²) in [5, 5.41) is 2.77. The molecule has 0 aliphatic rings. The van der Waals surface area contributed by atoms with Gasteiger partial charge in [0.25, 0.3) is 10.2 Å². The first kappa shape index (κ1) is 18.4. The van der Waals surface area contributed by atoms with E-state index in [9.17, 15) is 13.2 Å². The molecule has 0 fully saturated rings. The van der Waals surface area contributed by atoms with E-state index < -0.39 is 10.2 Å². The highest BCUT2D eigenvalue weighted by Crippen LogP contribution is 2.17. The zero-order valence-electron chi connectivity index (χ0n) is 13.5. The minimum Gasteiger partial charge on any atom is -0.497 e. The molecule has 0 radical (unpaired) electrons. The highest BCUT2D eigenvalue weighted by molar-refractivity contribution is 7.86. The van der Waals surface area contributed by atoms with Gasteiger partial charge in [-0.25, -0.2) is 0 Å². The molecule has 1 aromatic rings. The summed E-state index contributed by atoms with van der Waals surface area (Å²) in [7, 11) is 2.20. The Bertz CT molecular complexity index is 599. The maximum Gasteiger partial charge on any atom is 0.281 e. The second-order valence-electron chi connectivity index (χ2n) is 5.11. The number of benzene rings is 1. The average Bonchev–Trinajstić information content (AvgIpc) is 2.46. The van der Waals surface area contributed by atoms with Crippen molar-refractivity contribution in [3.8, 4) is 5.75 Å². The van der Waals surface area contributed by atoms with Gasteiger partial charge in [-0.15, -0.1) is 0 Å². The second-order valence-corrected chi connectivity index (χ2v) is 7.36. The molecule has 0 heterocycles. The third-order valence-corrected chi connectivity index (χ3v) is 5.05. The summed E-state index contributed by atoms with van der Waals surface area (Å²) < 4.78 is 30.8. The third-order valence-electron chi connectivity index (χ3n) is 3.21. The number of rotatable bonds is 7. The van der Waals surface area contributed by atoms with Crippen LogP contribution in [0.4, 0.5) is 0 Å². The Kier molecular flexibility index (Phi) is 6.34. The predicted molar refractivity (Wildman–Crippen MR) is 84.8 cm³/mol. The van der Waals surface area contributed by atoms with Crippen LogP contribution in [0.2, 0.25) is 0 Å². The number of nitrogens with zero attached hydrogens (tertiary/aromatic N) is 2. The number of nitrogens with one attached hydrogen (secondary N) is 1. The summed E-state index contributed by atoms with van der Waals surface area (Å²) in [4.78, 5) is 12.0. The molecule has 0 aliphatic heterocycles. The molecule has 0 bridgehead atoms. The van der Waals surface area contributed by atoms with Crippen LogP contribution in [0.3, 0.4) is 0 Å². The maximum atomic E-state index is 12.0. The van der Waals surface area contributed by atoms with E-state index in [0.29, 0.717) is 0 Å². The van der Waals surface area contributed by atoms with Gasteiger partial charge in [0.15, 0.2) is 0 Å². The molecule has 1 atom stereocenters. The minimum absolute atomic E-state index is 0.228. The minimum atomic E-state index is -3.59. The van der Waals surface area contributed by atoms with Gasteiger partial charge >= 0.3 is 0 Å². The number of ether oxygens (including phenoxy) is 1. The van der Waals surface area contributed by atoms with Gasteiger partial charge in [-0.2, -0.15) is 17.0 Å². The summed E-state index contributed by atoms with van der Waals surface area (Å²) >= 11 is 0. The Morgan fingerprint density at radius 1 is 1.23 bits per heavy atom. The van der Waals surface area contributed by atoms with Crippen molar-refractivity contribution in [1.82, 2.24) is 13.9 Å². The number of carbonyl (C=O) groups excluding carboxylic acids is 1. The van der Waals surface area contributed by atoms with E-state index in [-0.39, 0.29) is 18.5 Å². The van der Waals surface area contributed by atoms with Gasteiger partial charge in [0.1, 0.15) is 5.75 Å². The molecular weight excluding hydrogens is 306 g/mol. The molecule has 0 saturated heterocycles.